The van der Waals surface area contributed by atoms with E-state index < -0.39 is 0 Å². The molecule has 0 saturated carbocycles. The number of nitrogens with one attached hydrogen (secondary N) is 1. The summed E-state index contributed by atoms with van der Waals surface area (Å²) in [5.41, 5.74) is 3.82. The van der Waals surface area contributed by atoms with Gasteiger partial charge >= 0.3 is 0 Å². The molecular weight excluding hydrogens is 308 g/mol. The van der Waals surface area contributed by atoms with Gasteiger partial charge in [-0.05, 0) is 55.0 Å². The van der Waals surface area contributed by atoms with Crippen molar-refractivity contribution >= 4 is 12.1 Å². The number of hydrogen-bond acceptors (Lipinski definition) is 5. The summed E-state index contributed by atoms with van der Waals surface area (Å²) < 4.78 is 16.3. The van der Waals surface area contributed by atoms with E-state index in [9.17, 15) is 4.79 Å². The molecule has 0 aromatic heterocycles. The zero-order valence-corrected chi connectivity index (χ0v) is 13.3. The lowest BCUT2D eigenvalue weighted by Crippen LogP contribution is -2.17. The van der Waals surface area contributed by atoms with Crippen LogP contribution in [0.25, 0.3) is 0 Å². The summed E-state index contributed by atoms with van der Waals surface area (Å²) in [6, 6.07) is 12.4. The Labute approximate surface area is 140 Å². The first-order valence-corrected chi connectivity index (χ1v) is 7.72. The number of ether oxygens (including phenoxy) is 3. The van der Waals surface area contributed by atoms with Gasteiger partial charge in [-0.25, -0.2) is 5.43 Å². The first-order chi connectivity index (χ1) is 11.8. The summed E-state index contributed by atoms with van der Waals surface area (Å²) in [5, 5.41) is 3.97. The Morgan fingerprint density at radius 3 is 2.67 bits per heavy atom. The van der Waals surface area contributed by atoms with Crippen molar-refractivity contribution in [2.45, 2.75) is 6.92 Å². The van der Waals surface area contributed by atoms with Crippen LogP contribution in [0.5, 0.6) is 17.2 Å². The molecule has 0 radical (unpaired) electrons. The number of carbonyl (C=O) groups is 1. The van der Waals surface area contributed by atoms with Gasteiger partial charge in [-0.3, -0.25) is 4.79 Å². The second-order valence-corrected chi connectivity index (χ2v) is 5.06. The van der Waals surface area contributed by atoms with Gasteiger partial charge in [-0.2, -0.15) is 5.10 Å². The van der Waals surface area contributed by atoms with Gasteiger partial charge in [0, 0.05) is 5.56 Å². The van der Waals surface area contributed by atoms with Gasteiger partial charge in [0.25, 0.3) is 5.91 Å². The van der Waals surface area contributed by atoms with Crippen LogP contribution in [0.1, 0.15) is 22.8 Å². The highest BCUT2D eigenvalue weighted by molar-refractivity contribution is 5.95. The first kappa shape index (κ1) is 15.9. The molecule has 124 valence electrons. The van der Waals surface area contributed by atoms with Crippen molar-refractivity contribution in [1.82, 2.24) is 5.43 Å². The fourth-order valence-corrected chi connectivity index (χ4v) is 2.24. The van der Waals surface area contributed by atoms with E-state index in [-0.39, 0.29) is 5.91 Å². The molecule has 1 aliphatic rings. The Hall–Kier alpha value is -3.02. The SMILES string of the molecule is CCOc1ccc(C(=O)N/N=C/c2ccc3c(c2)OCCO3)cc1. The average Bonchev–Trinajstić information content (AvgIpc) is 2.62. The molecule has 0 spiro atoms. The van der Waals surface area contributed by atoms with E-state index in [0.29, 0.717) is 31.1 Å². The first-order valence-electron chi connectivity index (χ1n) is 7.72. The van der Waals surface area contributed by atoms with Crippen LogP contribution in [-0.2, 0) is 0 Å². The van der Waals surface area contributed by atoms with Crippen LogP contribution in [0.3, 0.4) is 0 Å². The van der Waals surface area contributed by atoms with Crippen LogP contribution in [0, 0.1) is 0 Å². The van der Waals surface area contributed by atoms with E-state index in [1.54, 1.807) is 30.5 Å². The normalized spacial score (nSPS) is 12.9. The highest BCUT2D eigenvalue weighted by Gasteiger charge is 2.11. The Morgan fingerprint density at radius 2 is 1.92 bits per heavy atom. The summed E-state index contributed by atoms with van der Waals surface area (Å²) in [5.74, 6) is 1.85. The molecule has 0 atom stereocenters. The van der Waals surface area contributed by atoms with Crippen LogP contribution in [-0.4, -0.2) is 31.9 Å². The predicted molar refractivity (Wildman–Crippen MR) is 90.1 cm³/mol. The van der Waals surface area contributed by atoms with E-state index in [1.807, 2.05) is 25.1 Å². The lowest BCUT2D eigenvalue weighted by molar-refractivity contribution is 0.0955. The molecule has 1 N–H and O–H groups in total. The van der Waals surface area contributed by atoms with Gasteiger partial charge in [-0.15, -0.1) is 0 Å². The van der Waals surface area contributed by atoms with Crippen molar-refractivity contribution in [3.05, 3.63) is 53.6 Å². The van der Waals surface area contributed by atoms with Crippen molar-refractivity contribution in [1.29, 1.82) is 0 Å². The molecule has 3 rings (SSSR count). The molecule has 6 heteroatoms. The summed E-state index contributed by atoms with van der Waals surface area (Å²) in [6.07, 6.45) is 1.56. The molecule has 0 unspecified atom stereocenters. The quantitative estimate of drug-likeness (QED) is 0.677. The number of hydrogen-bond donors (Lipinski definition) is 1. The fraction of sp³-hybridized carbons (Fsp3) is 0.222. The third-order valence-corrected chi connectivity index (χ3v) is 3.37. The van der Waals surface area contributed by atoms with Crippen molar-refractivity contribution in [2.75, 3.05) is 19.8 Å². The Kier molecular flexibility index (Phi) is 4.96. The second-order valence-electron chi connectivity index (χ2n) is 5.06. The van der Waals surface area contributed by atoms with Crippen molar-refractivity contribution in [2.24, 2.45) is 5.10 Å². The monoisotopic (exact) mass is 326 g/mol. The molecule has 6 nitrogen and oxygen atoms in total. The molecule has 2 aromatic carbocycles. The van der Waals surface area contributed by atoms with Gasteiger partial charge in [0.2, 0.25) is 0 Å². The minimum Gasteiger partial charge on any atom is -0.494 e. The maximum atomic E-state index is 12.0. The van der Waals surface area contributed by atoms with Gasteiger partial charge in [0.05, 0.1) is 12.8 Å². The summed E-state index contributed by atoms with van der Waals surface area (Å²) in [4.78, 5) is 12.0. The minimum atomic E-state index is -0.285. The van der Waals surface area contributed by atoms with Gasteiger partial charge in [0.1, 0.15) is 19.0 Å². The Balaban J connectivity index is 1.60. The maximum absolute atomic E-state index is 12.0. The number of amides is 1. The number of benzene rings is 2. The molecule has 1 aliphatic heterocycles. The molecule has 1 heterocycles. The topological polar surface area (TPSA) is 69.2 Å². The van der Waals surface area contributed by atoms with Crippen LogP contribution >= 0.6 is 0 Å². The van der Waals surface area contributed by atoms with E-state index in [2.05, 4.69) is 10.5 Å². The standard InChI is InChI=1S/C18H18N2O4/c1-2-22-15-6-4-14(5-7-15)18(21)20-19-12-13-3-8-16-17(11-13)24-10-9-23-16/h3-8,11-12H,2,9-10H2,1H3,(H,20,21)/b19-12+. The zero-order chi connectivity index (χ0) is 16.8. The van der Waals surface area contributed by atoms with Crippen LogP contribution in [0.15, 0.2) is 47.6 Å². The van der Waals surface area contributed by atoms with Crippen LogP contribution < -0.4 is 19.6 Å². The van der Waals surface area contributed by atoms with Gasteiger partial charge in [-0.1, -0.05) is 0 Å². The summed E-state index contributed by atoms with van der Waals surface area (Å²) in [6.45, 7) is 3.58. The molecule has 2 aromatic rings. The molecular formula is C18H18N2O4. The maximum Gasteiger partial charge on any atom is 0.271 e. The number of hydrazone groups is 1. The van der Waals surface area contributed by atoms with Crippen molar-refractivity contribution < 1.29 is 19.0 Å². The third-order valence-electron chi connectivity index (χ3n) is 3.37. The number of rotatable bonds is 5. The van der Waals surface area contributed by atoms with E-state index >= 15 is 0 Å². The molecule has 0 fully saturated rings. The summed E-state index contributed by atoms with van der Waals surface area (Å²) >= 11 is 0. The van der Waals surface area contributed by atoms with Crippen LogP contribution in [0.2, 0.25) is 0 Å². The van der Waals surface area contributed by atoms with E-state index in [0.717, 1.165) is 17.1 Å². The molecule has 24 heavy (non-hydrogen) atoms. The van der Waals surface area contributed by atoms with Gasteiger partial charge < -0.3 is 14.2 Å². The Bertz CT molecular complexity index is 741. The summed E-state index contributed by atoms with van der Waals surface area (Å²) in [7, 11) is 0. The number of fused-ring (bicyclic) bond motifs is 1. The highest BCUT2D eigenvalue weighted by atomic mass is 16.6. The van der Waals surface area contributed by atoms with Gasteiger partial charge in [0.15, 0.2) is 11.5 Å². The minimum absolute atomic E-state index is 0.285. The van der Waals surface area contributed by atoms with E-state index in [4.69, 9.17) is 14.2 Å². The predicted octanol–water partition coefficient (Wildman–Crippen LogP) is 2.62. The van der Waals surface area contributed by atoms with E-state index in [1.165, 1.54) is 0 Å². The lowest BCUT2D eigenvalue weighted by Gasteiger charge is -2.18. The molecule has 0 saturated heterocycles. The third kappa shape index (κ3) is 3.84. The number of carbonyl (C=O) groups excluding carboxylic acids is 1. The largest absolute Gasteiger partial charge is 0.494 e. The highest BCUT2D eigenvalue weighted by Crippen LogP contribution is 2.30. The zero-order valence-electron chi connectivity index (χ0n) is 13.3. The number of nitrogens with zero attached hydrogens (tertiary/aromatic N) is 1. The molecule has 0 aliphatic carbocycles. The fourth-order valence-electron chi connectivity index (χ4n) is 2.24. The average molecular weight is 326 g/mol. The molecule has 0 bridgehead atoms. The Morgan fingerprint density at radius 1 is 1.17 bits per heavy atom. The lowest BCUT2D eigenvalue weighted by atomic mass is 10.2. The smallest absolute Gasteiger partial charge is 0.271 e. The molecule has 1 amide bonds. The van der Waals surface area contributed by atoms with Crippen molar-refractivity contribution in [3.63, 3.8) is 0 Å². The second kappa shape index (κ2) is 7.50. The van der Waals surface area contributed by atoms with Crippen LogP contribution in [0.4, 0.5) is 0 Å². The van der Waals surface area contributed by atoms with Crippen molar-refractivity contribution in [3.8, 4) is 17.2 Å².